The van der Waals surface area contributed by atoms with Gasteiger partial charge in [-0.2, -0.15) is 0 Å². The minimum atomic E-state index is -1.08. The van der Waals surface area contributed by atoms with Gasteiger partial charge in [0.15, 0.2) is 0 Å². The van der Waals surface area contributed by atoms with Crippen LogP contribution in [0.5, 0.6) is 0 Å². The summed E-state index contributed by atoms with van der Waals surface area (Å²) in [6.07, 6.45) is 2.26. The summed E-state index contributed by atoms with van der Waals surface area (Å²) in [5.41, 5.74) is 4.22. The number of nitrogens with one attached hydrogen (secondary N) is 1. The minimum Gasteiger partial charge on any atom is -0.392 e. The predicted molar refractivity (Wildman–Crippen MR) is 84.0 cm³/mol. The third-order valence-corrected chi connectivity index (χ3v) is 3.85. The molecule has 3 N–H and O–H groups in total. The molecule has 0 spiro atoms. The molecule has 116 valence electrons. The van der Waals surface area contributed by atoms with Crippen molar-refractivity contribution in [1.82, 2.24) is 0 Å². The highest BCUT2D eigenvalue weighted by Gasteiger charge is 2.40. The Kier molecular flexibility index (Phi) is 6.20. The average Bonchev–Trinajstić information content (AvgIpc) is 2.42. The molecule has 0 fully saturated rings. The van der Waals surface area contributed by atoms with Crippen molar-refractivity contribution < 1.29 is 13.6 Å². The van der Waals surface area contributed by atoms with Gasteiger partial charge in [-0.15, -0.1) is 0 Å². The molecular formula is C15H20F2N2OS. The van der Waals surface area contributed by atoms with Crippen LogP contribution >= 0.6 is 12.2 Å². The van der Waals surface area contributed by atoms with E-state index in [4.69, 9.17) is 18.0 Å². The highest BCUT2D eigenvalue weighted by molar-refractivity contribution is 7.80. The van der Waals surface area contributed by atoms with Crippen molar-refractivity contribution in [1.29, 1.82) is 0 Å². The van der Waals surface area contributed by atoms with Crippen LogP contribution in [0.25, 0.3) is 0 Å². The van der Waals surface area contributed by atoms with Gasteiger partial charge in [0, 0.05) is 0 Å². The second-order valence-corrected chi connectivity index (χ2v) is 5.44. The molecule has 0 heterocycles. The van der Waals surface area contributed by atoms with Crippen molar-refractivity contribution >= 4 is 28.8 Å². The molecule has 6 heteroatoms. The standard InChI is InChI=1S/C15H20F2N2OS/c1-3-8-15(9-4-2,13(18)21)14(20)19-12-10(16)6-5-7-11(12)17/h5-7H,3-4,8-9H2,1-2H3,(H2,18,21)(H,19,20). The number of rotatable bonds is 7. The van der Waals surface area contributed by atoms with Gasteiger partial charge in [0.05, 0.1) is 10.4 Å². The lowest BCUT2D eigenvalue weighted by Gasteiger charge is -2.31. The second-order valence-electron chi connectivity index (χ2n) is 5.00. The normalized spacial score (nSPS) is 11.2. The van der Waals surface area contributed by atoms with E-state index in [0.717, 1.165) is 12.1 Å². The quantitative estimate of drug-likeness (QED) is 0.753. The van der Waals surface area contributed by atoms with E-state index in [0.29, 0.717) is 25.7 Å². The maximum Gasteiger partial charge on any atom is 0.237 e. The molecule has 1 aromatic rings. The van der Waals surface area contributed by atoms with E-state index in [1.807, 2.05) is 13.8 Å². The van der Waals surface area contributed by atoms with Gasteiger partial charge in [-0.25, -0.2) is 8.78 Å². The van der Waals surface area contributed by atoms with Crippen molar-refractivity contribution in [2.75, 3.05) is 5.32 Å². The number of nitrogens with two attached hydrogens (primary N) is 1. The van der Waals surface area contributed by atoms with E-state index in [1.54, 1.807) is 0 Å². The molecule has 0 unspecified atom stereocenters. The van der Waals surface area contributed by atoms with Crippen molar-refractivity contribution in [2.24, 2.45) is 11.1 Å². The summed E-state index contributed by atoms with van der Waals surface area (Å²) in [6, 6.07) is 3.40. The fourth-order valence-electron chi connectivity index (χ4n) is 2.41. The van der Waals surface area contributed by atoms with Crippen LogP contribution < -0.4 is 11.1 Å². The Balaban J connectivity index is 3.14. The molecule has 0 atom stereocenters. The third-order valence-electron chi connectivity index (χ3n) is 3.46. The second kappa shape index (κ2) is 7.45. The largest absolute Gasteiger partial charge is 0.392 e. The summed E-state index contributed by atoms with van der Waals surface area (Å²) in [5, 5.41) is 2.31. The van der Waals surface area contributed by atoms with Gasteiger partial charge in [-0.05, 0) is 25.0 Å². The smallest absolute Gasteiger partial charge is 0.237 e. The first kappa shape index (κ1) is 17.5. The Bertz CT molecular complexity index is 508. The molecule has 0 aliphatic rings. The summed E-state index contributed by atoms with van der Waals surface area (Å²) in [7, 11) is 0. The number of hydrogen-bond acceptors (Lipinski definition) is 2. The van der Waals surface area contributed by atoms with Crippen molar-refractivity contribution in [3.63, 3.8) is 0 Å². The number of carbonyl (C=O) groups is 1. The topological polar surface area (TPSA) is 55.1 Å². The fourth-order valence-corrected chi connectivity index (χ4v) is 2.71. The first-order valence-electron chi connectivity index (χ1n) is 6.94. The molecule has 1 amide bonds. The first-order valence-corrected chi connectivity index (χ1v) is 7.35. The lowest BCUT2D eigenvalue weighted by Crippen LogP contribution is -2.46. The number of benzene rings is 1. The van der Waals surface area contributed by atoms with E-state index >= 15 is 0 Å². The Hall–Kier alpha value is -1.56. The van der Waals surface area contributed by atoms with Gasteiger partial charge in [-0.1, -0.05) is 45.0 Å². The van der Waals surface area contributed by atoms with Crippen LogP contribution in [0.4, 0.5) is 14.5 Å². The van der Waals surface area contributed by atoms with Crippen LogP contribution in [0.2, 0.25) is 0 Å². The summed E-state index contributed by atoms with van der Waals surface area (Å²) in [5.74, 6) is -2.20. The SMILES string of the molecule is CCCC(CCC)(C(=O)Nc1c(F)cccc1F)C(N)=S. The lowest BCUT2D eigenvalue weighted by atomic mass is 9.78. The molecule has 0 radical (unpaired) electrons. The molecule has 0 bridgehead atoms. The van der Waals surface area contributed by atoms with Crippen molar-refractivity contribution in [3.05, 3.63) is 29.8 Å². The predicted octanol–water partition coefficient (Wildman–Crippen LogP) is 3.78. The fraction of sp³-hybridized carbons (Fsp3) is 0.467. The number of para-hydroxylation sites is 1. The van der Waals surface area contributed by atoms with Gasteiger partial charge in [0.1, 0.15) is 17.3 Å². The maximum absolute atomic E-state index is 13.7. The van der Waals surface area contributed by atoms with Crippen LogP contribution in [-0.4, -0.2) is 10.9 Å². The van der Waals surface area contributed by atoms with E-state index in [-0.39, 0.29) is 4.99 Å². The summed E-state index contributed by atoms with van der Waals surface area (Å²) in [6.45, 7) is 3.80. The summed E-state index contributed by atoms with van der Waals surface area (Å²) in [4.78, 5) is 12.6. The number of carbonyl (C=O) groups excluding carboxylic acids is 1. The van der Waals surface area contributed by atoms with Gasteiger partial charge in [0.2, 0.25) is 5.91 Å². The lowest BCUT2D eigenvalue weighted by molar-refractivity contribution is -0.122. The zero-order valence-corrected chi connectivity index (χ0v) is 13.0. The average molecular weight is 314 g/mol. The van der Waals surface area contributed by atoms with E-state index in [9.17, 15) is 13.6 Å². The molecule has 0 saturated carbocycles. The van der Waals surface area contributed by atoms with Crippen molar-refractivity contribution in [2.45, 2.75) is 39.5 Å². The third kappa shape index (κ3) is 3.75. The van der Waals surface area contributed by atoms with E-state index in [1.165, 1.54) is 6.07 Å². The maximum atomic E-state index is 13.7. The Labute approximate surface area is 128 Å². The number of anilines is 1. The zero-order valence-electron chi connectivity index (χ0n) is 12.2. The van der Waals surface area contributed by atoms with E-state index in [2.05, 4.69) is 5.32 Å². The van der Waals surface area contributed by atoms with Crippen LogP contribution in [0.3, 0.4) is 0 Å². The molecule has 0 aromatic heterocycles. The number of amides is 1. The number of hydrogen-bond donors (Lipinski definition) is 2. The van der Waals surface area contributed by atoms with Gasteiger partial charge in [-0.3, -0.25) is 4.79 Å². The van der Waals surface area contributed by atoms with Crippen LogP contribution in [0, 0.1) is 17.0 Å². The molecule has 1 rings (SSSR count). The Morgan fingerprint density at radius 2 is 1.71 bits per heavy atom. The molecule has 21 heavy (non-hydrogen) atoms. The number of halogens is 2. The van der Waals surface area contributed by atoms with Gasteiger partial charge >= 0.3 is 0 Å². The Morgan fingerprint density at radius 1 is 1.24 bits per heavy atom. The van der Waals surface area contributed by atoms with E-state index < -0.39 is 28.6 Å². The summed E-state index contributed by atoms with van der Waals surface area (Å²) < 4.78 is 27.3. The van der Waals surface area contributed by atoms with Gasteiger partial charge in [0.25, 0.3) is 0 Å². The van der Waals surface area contributed by atoms with Crippen LogP contribution in [-0.2, 0) is 4.79 Å². The molecule has 1 aromatic carbocycles. The Morgan fingerprint density at radius 3 is 2.10 bits per heavy atom. The number of thiocarbonyl (C=S) groups is 1. The molecule has 3 nitrogen and oxygen atoms in total. The van der Waals surface area contributed by atoms with Crippen LogP contribution in [0.1, 0.15) is 39.5 Å². The highest BCUT2D eigenvalue weighted by Crippen LogP contribution is 2.33. The van der Waals surface area contributed by atoms with Gasteiger partial charge < -0.3 is 11.1 Å². The zero-order chi connectivity index (χ0) is 16.0. The van der Waals surface area contributed by atoms with Crippen LogP contribution in [0.15, 0.2) is 18.2 Å². The molecule has 0 aliphatic carbocycles. The first-order chi connectivity index (χ1) is 9.89. The minimum absolute atomic E-state index is 0.0560. The molecule has 0 aliphatic heterocycles. The van der Waals surface area contributed by atoms with Crippen molar-refractivity contribution in [3.8, 4) is 0 Å². The highest BCUT2D eigenvalue weighted by atomic mass is 32.1. The molecule has 0 saturated heterocycles. The summed E-state index contributed by atoms with van der Waals surface area (Å²) >= 11 is 5.05. The molecular weight excluding hydrogens is 294 g/mol. The monoisotopic (exact) mass is 314 g/mol.